The van der Waals surface area contributed by atoms with E-state index in [1.54, 1.807) is 0 Å². The summed E-state index contributed by atoms with van der Waals surface area (Å²) in [5.74, 6) is -2.29. The first kappa shape index (κ1) is 8.46. The lowest BCUT2D eigenvalue weighted by Crippen LogP contribution is -2.21. The molecule has 70 valence electrons. The fourth-order valence-corrected chi connectivity index (χ4v) is 2.52. The first-order valence-electron chi connectivity index (χ1n) is 4.71. The molecule has 0 bridgehead atoms. The summed E-state index contributed by atoms with van der Waals surface area (Å²) in [5.41, 5.74) is 0.226. The van der Waals surface area contributed by atoms with Crippen LogP contribution in [0.1, 0.15) is 33.6 Å². The summed E-state index contributed by atoms with van der Waals surface area (Å²) in [6.07, 6.45) is 1.50. The van der Waals surface area contributed by atoms with Gasteiger partial charge in [0.1, 0.15) is 0 Å². The minimum absolute atomic E-state index is 0.226. The van der Waals surface area contributed by atoms with Crippen molar-refractivity contribution >= 4 is 0 Å². The van der Waals surface area contributed by atoms with E-state index in [2.05, 4.69) is 20.8 Å². The summed E-state index contributed by atoms with van der Waals surface area (Å²) in [5, 5.41) is 0. The lowest BCUT2D eigenvalue weighted by atomic mass is 9.78. The highest BCUT2D eigenvalue weighted by molar-refractivity contribution is 5.12. The molecule has 2 aliphatic rings. The Labute approximate surface area is 72.3 Å². The van der Waals surface area contributed by atoms with Gasteiger partial charge >= 0.3 is 0 Å². The SMILES string of the molecule is CC(C)(C)[C@@H]1C[C@@H]2[C@H](C1)C2(F)F. The normalized spacial score (nSPS) is 44.2. The van der Waals surface area contributed by atoms with Gasteiger partial charge in [0.2, 0.25) is 0 Å². The van der Waals surface area contributed by atoms with Crippen LogP contribution in [0.15, 0.2) is 0 Å². The van der Waals surface area contributed by atoms with Crippen LogP contribution >= 0.6 is 0 Å². The molecule has 0 heterocycles. The molecule has 0 aliphatic heterocycles. The van der Waals surface area contributed by atoms with Crippen LogP contribution in [-0.4, -0.2) is 5.92 Å². The molecule has 0 amide bonds. The summed E-state index contributed by atoms with van der Waals surface area (Å²) in [6, 6.07) is 0. The summed E-state index contributed by atoms with van der Waals surface area (Å²) < 4.78 is 25.6. The number of hydrogen-bond donors (Lipinski definition) is 0. The zero-order chi connectivity index (χ0) is 9.15. The molecule has 3 atom stereocenters. The number of fused-ring (bicyclic) bond motifs is 1. The van der Waals surface area contributed by atoms with Gasteiger partial charge in [-0.1, -0.05) is 20.8 Å². The second-order valence-electron chi connectivity index (χ2n) is 5.42. The van der Waals surface area contributed by atoms with Gasteiger partial charge in [0, 0.05) is 11.8 Å². The molecule has 0 aromatic heterocycles. The average molecular weight is 174 g/mol. The third-order valence-electron chi connectivity index (χ3n) is 3.67. The van der Waals surface area contributed by atoms with E-state index < -0.39 is 5.92 Å². The Hall–Kier alpha value is -0.140. The number of halogens is 2. The van der Waals surface area contributed by atoms with Gasteiger partial charge in [0.25, 0.3) is 5.92 Å². The molecule has 2 aliphatic carbocycles. The number of alkyl halides is 2. The Morgan fingerprint density at radius 2 is 1.50 bits per heavy atom. The van der Waals surface area contributed by atoms with Crippen LogP contribution < -0.4 is 0 Å². The molecule has 2 saturated carbocycles. The molecule has 0 unspecified atom stereocenters. The van der Waals surface area contributed by atoms with Crippen molar-refractivity contribution in [3.8, 4) is 0 Å². The van der Waals surface area contributed by atoms with Crippen molar-refractivity contribution in [2.24, 2.45) is 23.2 Å². The van der Waals surface area contributed by atoms with Crippen molar-refractivity contribution in [2.45, 2.75) is 39.5 Å². The fourth-order valence-electron chi connectivity index (χ4n) is 2.52. The molecular weight excluding hydrogens is 158 g/mol. The average Bonchev–Trinajstić information content (AvgIpc) is 2.31. The first-order chi connectivity index (χ1) is 5.33. The van der Waals surface area contributed by atoms with E-state index in [0.29, 0.717) is 5.92 Å². The lowest BCUT2D eigenvalue weighted by Gasteiger charge is -2.28. The summed E-state index contributed by atoms with van der Waals surface area (Å²) in [4.78, 5) is 0. The highest BCUT2D eigenvalue weighted by Crippen LogP contribution is 2.67. The van der Waals surface area contributed by atoms with Crippen molar-refractivity contribution in [2.75, 3.05) is 0 Å². The topological polar surface area (TPSA) is 0 Å². The molecule has 0 saturated heterocycles. The van der Waals surface area contributed by atoms with Crippen LogP contribution in [0.2, 0.25) is 0 Å². The maximum atomic E-state index is 12.8. The van der Waals surface area contributed by atoms with Crippen molar-refractivity contribution in [1.29, 1.82) is 0 Å². The maximum Gasteiger partial charge on any atom is 0.254 e. The van der Waals surface area contributed by atoms with E-state index in [9.17, 15) is 8.78 Å². The van der Waals surface area contributed by atoms with E-state index in [1.807, 2.05) is 0 Å². The lowest BCUT2D eigenvalue weighted by molar-refractivity contribution is 0.0494. The van der Waals surface area contributed by atoms with Crippen molar-refractivity contribution in [1.82, 2.24) is 0 Å². The van der Waals surface area contributed by atoms with E-state index in [-0.39, 0.29) is 17.3 Å². The maximum absolute atomic E-state index is 12.8. The highest BCUT2D eigenvalue weighted by atomic mass is 19.3. The van der Waals surface area contributed by atoms with Crippen LogP contribution in [0.4, 0.5) is 8.78 Å². The van der Waals surface area contributed by atoms with Crippen molar-refractivity contribution < 1.29 is 8.78 Å². The van der Waals surface area contributed by atoms with E-state index in [1.165, 1.54) is 0 Å². The molecule has 0 N–H and O–H groups in total. The predicted molar refractivity (Wildman–Crippen MR) is 44.1 cm³/mol. The van der Waals surface area contributed by atoms with Gasteiger partial charge in [-0.05, 0) is 24.2 Å². The molecule has 0 aromatic carbocycles. The van der Waals surface area contributed by atoms with Crippen LogP contribution in [0, 0.1) is 23.2 Å². The van der Waals surface area contributed by atoms with Gasteiger partial charge in [-0.15, -0.1) is 0 Å². The monoisotopic (exact) mass is 174 g/mol. The van der Waals surface area contributed by atoms with Gasteiger partial charge < -0.3 is 0 Å². The van der Waals surface area contributed by atoms with Gasteiger partial charge in [-0.3, -0.25) is 0 Å². The third kappa shape index (κ3) is 0.997. The molecule has 2 rings (SSSR count). The van der Waals surface area contributed by atoms with Gasteiger partial charge in [-0.25, -0.2) is 8.78 Å². The van der Waals surface area contributed by atoms with Crippen molar-refractivity contribution in [3.63, 3.8) is 0 Å². The van der Waals surface area contributed by atoms with Crippen LogP contribution in [0.25, 0.3) is 0 Å². The number of hydrogen-bond acceptors (Lipinski definition) is 0. The minimum Gasteiger partial charge on any atom is -0.206 e. The minimum atomic E-state index is -2.29. The predicted octanol–water partition coefficient (Wildman–Crippen LogP) is 3.32. The van der Waals surface area contributed by atoms with E-state index in [4.69, 9.17) is 0 Å². The molecule has 0 spiro atoms. The highest BCUT2D eigenvalue weighted by Gasteiger charge is 2.72. The fraction of sp³-hybridized carbons (Fsp3) is 1.00. The Bertz CT molecular complexity index is 188. The molecule has 12 heavy (non-hydrogen) atoms. The van der Waals surface area contributed by atoms with E-state index >= 15 is 0 Å². The van der Waals surface area contributed by atoms with Crippen LogP contribution in [-0.2, 0) is 0 Å². The van der Waals surface area contributed by atoms with Gasteiger partial charge in [0.15, 0.2) is 0 Å². The molecule has 2 heteroatoms. The van der Waals surface area contributed by atoms with Crippen LogP contribution in [0.5, 0.6) is 0 Å². The Morgan fingerprint density at radius 1 is 1.08 bits per heavy atom. The zero-order valence-corrected chi connectivity index (χ0v) is 7.90. The molecular formula is C10H16F2. The zero-order valence-electron chi connectivity index (χ0n) is 7.90. The largest absolute Gasteiger partial charge is 0.254 e. The molecule has 0 aromatic rings. The standard InChI is InChI=1S/C10H16F2/c1-9(2,3)6-4-7-8(5-6)10(7,11)12/h6-8H,4-5H2,1-3H3/t6-,7-,8+. The van der Waals surface area contributed by atoms with Crippen molar-refractivity contribution in [3.05, 3.63) is 0 Å². The smallest absolute Gasteiger partial charge is 0.206 e. The Kier molecular flexibility index (Phi) is 1.42. The second-order valence-corrected chi connectivity index (χ2v) is 5.42. The Morgan fingerprint density at radius 3 is 1.83 bits per heavy atom. The van der Waals surface area contributed by atoms with Gasteiger partial charge in [0.05, 0.1) is 0 Å². The second kappa shape index (κ2) is 2.02. The summed E-state index contributed by atoms with van der Waals surface area (Å²) in [7, 11) is 0. The molecule has 2 fully saturated rings. The first-order valence-corrected chi connectivity index (χ1v) is 4.71. The molecule has 0 nitrogen and oxygen atoms in total. The number of rotatable bonds is 0. The van der Waals surface area contributed by atoms with E-state index in [0.717, 1.165) is 12.8 Å². The Balaban J connectivity index is 1.99. The molecule has 0 radical (unpaired) electrons. The summed E-state index contributed by atoms with van der Waals surface area (Å²) in [6.45, 7) is 6.46. The quantitative estimate of drug-likeness (QED) is 0.528. The third-order valence-corrected chi connectivity index (χ3v) is 3.67. The van der Waals surface area contributed by atoms with Crippen LogP contribution in [0.3, 0.4) is 0 Å². The summed E-state index contributed by atoms with van der Waals surface area (Å²) >= 11 is 0. The van der Waals surface area contributed by atoms with Gasteiger partial charge in [-0.2, -0.15) is 0 Å².